The molecule has 1 amide bonds. The van der Waals surface area contributed by atoms with Crippen LogP contribution in [-0.4, -0.2) is 46.9 Å². The zero-order valence-electron chi connectivity index (χ0n) is 18.9. The number of methoxy groups -OCH3 is 1. The number of carbonyl (C=O) groups excluding carboxylic acids is 1. The molecule has 1 aliphatic heterocycles. The average Bonchev–Trinajstić information content (AvgIpc) is 2.80. The van der Waals surface area contributed by atoms with Crippen LogP contribution < -0.4 is 23.8 Å². The number of nitrogens with zero attached hydrogens (tertiary/aromatic N) is 1. The first-order chi connectivity index (χ1) is 15.3. The van der Waals surface area contributed by atoms with Gasteiger partial charge in [0.25, 0.3) is 0 Å². The monoisotopic (exact) mass is 462 g/mol. The summed E-state index contributed by atoms with van der Waals surface area (Å²) >= 11 is 0. The summed E-state index contributed by atoms with van der Waals surface area (Å²) in [6, 6.07) is 10.4. The van der Waals surface area contributed by atoms with Crippen LogP contribution in [0.4, 0.5) is 5.69 Å². The molecule has 0 aromatic heterocycles. The molecule has 0 radical (unpaired) electrons. The molecule has 3 rings (SSSR count). The molecule has 1 aliphatic rings. The Kier molecular flexibility index (Phi) is 7.50. The Bertz CT molecular complexity index is 1070. The third-order valence-electron chi connectivity index (χ3n) is 5.37. The Hall–Kier alpha value is -2.94. The Labute approximate surface area is 189 Å². The van der Waals surface area contributed by atoms with E-state index in [1.807, 2.05) is 32.0 Å². The van der Waals surface area contributed by atoms with Crippen LogP contribution >= 0.6 is 0 Å². The summed E-state index contributed by atoms with van der Waals surface area (Å²) in [4.78, 5) is 12.9. The van der Waals surface area contributed by atoms with Crippen molar-refractivity contribution in [3.8, 4) is 17.2 Å². The van der Waals surface area contributed by atoms with Gasteiger partial charge in [-0.1, -0.05) is 19.1 Å². The molecule has 9 heteroatoms. The lowest BCUT2D eigenvalue weighted by Gasteiger charge is -2.27. The highest BCUT2D eigenvalue weighted by Crippen LogP contribution is 2.35. The normalized spacial score (nSPS) is 13.9. The number of aryl methyl sites for hydroxylation is 1. The summed E-state index contributed by atoms with van der Waals surface area (Å²) in [5.74, 6) is 1.26. The number of fused-ring (bicyclic) bond motifs is 1. The molecule has 174 valence electrons. The van der Waals surface area contributed by atoms with Crippen molar-refractivity contribution in [1.82, 2.24) is 5.32 Å². The van der Waals surface area contributed by atoms with Crippen LogP contribution in [0.15, 0.2) is 36.4 Å². The first-order valence-electron chi connectivity index (χ1n) is 10.6. The van der Waals surface area contributed by atoms with Crippen molar-refractivity contribution >= 4 is 21.6 Å². The van der Waals surface area contributed by atoms with E-state index in [2.05, 4.69) is 5.32 Å². The van der Waals surface area contributed by atoms with Gasteiger partial charge in [-0.15, -0.1) is 0 Å². The highest BCUT2D eigenvalue weighted by molar-refractivity contribution is 7.92. The summed E-state index contributed by atoms with van der Waals surface area (Å²) in [5, 5.41) is 2.96. The maximum absolute atomic E-state index is 12.9. The van der Waals surface area contributed by atoms with Gasteiger partial charge < -0.3 is 19.5 Å². The molecule has 2 aromatic rings. The molecule has 2 aromatic carbocycles. The lowest BCUT2D eigenvalue weighted by Crippen LogP contribution is -2.42. The number of nitrogens with one attached hydrogen (secondary N) is 1. The van der Waals surface area contributed by atoms with Crippen LogP contribution in [0, 0.1) is 6.92 Å². The Morgan fingerprint density at radius 1 is 1.12 bits per heavy atom. The fourth-order valence-corrected chi connectivity index (χ4v) is 4.66. The van der Waals surface area contributed by atoms with Gasteiger partial charge >= 0.3 is 0 Å². The van der Waals surface area contributed by atoms with Crippen LogP contribution in [-0.2, 0) is 14.8 Å². The molecule has 0 bridgehead atoms. The summed E-state index contributed by atoms with van der Waals surface area (Å²) in [6.45, 7) is 5.95. The number of hydrogen-bond donors (Lipinski definition) is 1. The molecule has 0 saturated carbocycles. The number of benzene rings is 2. The van der Waals surface area contributed by atoms with E-state index in [0.29, 0.717) is 36.8 Å². The van der Waals surface area contributed by atoms with Gasteiger partial charge in [0.2, 0.25) is 15.9 Å². The minimum Gasteiger partial charge on any atom is -0.496 e. The van der Waals surface area contributed by atoms with Crippen molar-refractivity contribution in [2.24, 2.45) is 0 Å². The number of amides is 1. The van der Waals surface area contributed by atoms with E-state index in [9.17, 15) is 13.2 Å². The van der Waals surface area contributed by atoms with E-state index in [0.717, 1.165) is 21.2 Å². The largest absolute Gasteiger partial charge is 0.496 e. The van der Waals surface area contributed by atoms with E-state index >= 15 is 0 Å². The molecule has 1 atom stereocenters. The van der Waals surface area contributed by atoms with Gasteiger partial charge in [0.1, 0.15) is 25.5 Å². The summed E-state index contributed by atoms with van der Waals surface area (Å²) in [5.41, 5.74) is 2.26. The van der Waals surface area contributed by atoms with E-state index in [-0.39, 0.29) is 18.3 Å². The first-order valence-corrected chi connectivity index (χ1v) is 12.2. The van der Waals surface area contributed by atoms with Gasteiger partial charge in [0.05, 0.1) is 24.6 Å². The van der Waals surface area contributed by atoms with Crippen molar-refractivity contribution in [3.05, 3.63) is 47.5 Å². The Balaban J connectivity index is 1.81. The van der Waals surface area contributed by atoms with E-state index in [1.165, 1.54) is 0 Å². The van der Waals surface area contributed by atoms with Crippen molar-refractivity contribution in [3.63, 3.8) is 0 Å². The number of carbonyl (C=O) groups is 1. The number of ether oxygens (including phenoxy) is 3. The highest BCUT2D eigenvalue weighted by atomic mass is 32.2. The number of hydrogen-bond acceptors (Lipinski definition) is 6. The quantitative estimate of drug-likeness (QED) is 0.615. The number of anilines is 1. The fraction of sp³-hybridized carbons (Fsp3) is 0.435. The standard InChI is InChI=1S/C23H30N2O6S/c1-5-19(17-7-9-20(29-4)16(3)13-17)24-23(26)15-25(32(27,28)6-2)18-8-10-21-22(14-18)31-12-11-30-21/h7-10,13-14,19H,5-6,11-12,15H2,1-4H3,(H,24,26)/t19-/m0/s1. The third kappa shape index (κ3) is 5.27. The second kappa shape index (κ2) is 10.1. The van der Waals surface area contributed by atoms with E-state index in [1.54, 1.807) is 32.2 Å². The smallest absolute Gasteiger partial charge is 0.241 e. The molecular formula is C23H30N2O6S. The minimum atomic E-state index is -3.70. The van der Waals surface area contributed by atoms with Crippen LogP contribution in [0.25, 0.3) is 0 Å². The molecular weight excluding hydrogens is 432 g/mol. The molecule has 0 fully saturated rings. The maximum atomic E-state index is 12.9. The molecule has 1 heterocycles. The van der Waals surface area contributed by atoms with Crippen LogP contribution in [0.3, 0.4) is 0 Å². The predicted octanol–water partition coefficient (Wildman–Crippen LogP) is 3.20. The van der Waals surface area contributed by atoms with Gasteiger partial charge in [-0.2, -0.15) is 0 Å². The molecule has 32 heavy (non-hydrogen) atoms. The first kappa shape index (κ1) is 23.7. The van der Waals surface area contributed by atoms with Crippen molar-refractivity contribution in [1.29, 1.82) is 0 Å². The maximum Gasteiger partial charge on any atom is 0.241 e. The zero-order valence-corrected chi connectivity index (χ0v) is 19.7. The summed E-state index contributed by atoms with van der Waals surface area (Å²) < 4.78 is 43.1. The molecule has 0 aliphatic carbocycles. The van der Waals surface area contributed by atoms with E-state index < -0.39 is 15.9 Å². The second-order valence-electron chi connectivity index (χ2n) is 7.49. The van der Waals surface area contributed by atoms with Crippen LogP contribution in [0.2, 0.25) is 0 Å². The average molecular weight is 463 g/mol. The van der Waals surface area contributed by atoms with Crippen molar-refractivity contribution < 1.29 is 27.4 Å². The number of rotatable bonds is 9. The Morgan fingerprint density at radius 2 is 1.84 bits per heavy atom. The lowest BCUT2D eigenvalue weighted by atomic mass is 10.0. The van der Waals surface area contributed by atoms with Gasteiger partial charge in [-0.25, -0.2) is 8.42 Å². The molecule has 0 saturated heterocycles. The van der Waals surface area contributed by atoms with Crippen molar-refractivity contribution in [2.45, 2.75) is 33.2 Å². The Morgan fingerprint density at radius 3 is 2.47 bits per heavy atom. The third-order valence-corrected chi connectivity index (χ3v) is 7.11. The summed E-state index contributed by atoms with van der Waals surface area (Å²) in [6.07, 6.45) is 0.655. The molecule has 1 N–H and O–H groups in total. The molecule has 0 unspecified atom stereocenters. The van der Waals surface area contributed by atoms with Crippen molar-refractivity contribution in [2.75, 3.05) is 36.9 Å². The van der Waals surface area contributed by atoms with Gasteiger partial charge in [-0.3, -0.25) is 9.10 Å². The van der Waals surface area contributed by atoms with Crippen LogP contribution in [0.1, 0.15) is 37.4 Å². The SMILES string of the molecule is CC[C@H](NC(=O)CN(c1ccc2c(c1)OCCO2)S(=O)(=O)CC)c1ccc(OC)c(C)c1. The van der Waals surface area contributed by atoms with Gasteiger partial charge in [-0.05, 0) is 49.6 Å². The van der Waals surface area contributed by atoms with Gasteiger partial charge in [0, 0.05) is 6.07 Å². The topological polar surface area (TPSA) is 94.2 Å². The minimum absolute atomic E-state index is 0.135. The van der Waals surface area contributed by atoms with Crippen LogP contribution in [0.5, 0.6) is 17.2 Å². The predicted molar refractivity (Wildman–Crippen MR) is 123 cm³/mol. The highest BCUT2D eigenvalue weighted by Gasteiger charge is 2.26. The summed E-state index contributed by atoms with van der Waals surface area (Å²) in [7, 11) is -2.09. The second-order valence-corrected chi connectivity index (χ2v) is 9.67. The fourth-order valence-electron chi connectivity index (χ4n) is 3.60. The molecule has 0 spiro atoms. The molecule has 8 nitrogen and oxygen atoms in total. The zero-order chi connectivity index (χ0) is 23.3. The van der Waals surface area contributed by atoms with Gasteiger partial charge in [0.15, 0.2) is 11.5 Å². The lowest BCUT2D eigenvalue weighted by molar-refractivity contribution is -0.120. The van der Waals surface area contributed by atoms with E-state index in [4.69, 9.17) is 14.2 Å². The number of sulfonamides is 1.